The van der Waals surface area contributed by atoms with E-state index < -0.39 is 0 Å². The normalized spacial score (nSPS) is 32.1. The molecule has 0 saturated heterocycles. The fourth-order valence-electron chi connectivity index (χ4n) is 1.38. The van der Waals surface area contributed by atoms with Gasteiger partial charge in [-0.15, -0.1) is 0 Å². The molecule has 2 nitrogen and oxygen atoms in total. The van der Waals surface area contributed by atoms with Crippen LogP contribution in [0.15, 0.2) is 23.0 Å². The van der Waals surface area contributed by atoms with Gasteiger partial charge in [0.2, 0.25) is 0 Å². The highest BCUT2D eigenvalue weighted by Gasteiger charge is 2.21. The van der Waals surface area contributed by atoms with Crippen LogP contribution >= 0.6 is 0 Å². The summed E-state index contributed by atoms with van der Waals surface area (Å²) in [5.41, 5.74) is 14.7. The van der Waals surface area contributed by atoms with Gasteiger partial charge in [0.15, 0.2) is 0 Å². The van der Waals surface area contributed by atoms with Crippen molar-refractivity contribution in [1.82, 2.24) is 0 Å². The van der Waals surface area contributed by atoms with Gasteiger partial charge in [-0.1, -0.05) is 13.8 Å². The van der Waals surface area contributed by atoms with Crippen LogP contribution < -0.4 is 11.5 Å². The molecule has 0 heterocycles. The Balaban J connectivity index is 3.01. The fourth-order valence-corrected chi connectivity index (χ4v) is 1.38. The van der Waals surface area contributed by atoms with Crippen molar-refractivity contribution >= 4 is 0 Å². The van der Waals surface area contributed by atoms with Crippen molar-refractivity contribution in [2.75, 3.05) is 0 Å². The molecule has 2 unspecified atom stereocenters. The first-order valence-electron chi connectivity index (χ1n) is 3.97. The Hall–Kier alpha value is -0.920. The molecule has 0 bridgehead atoms. The molecular weight excluding hydrogens is 136 g/mol. The lowest BCUT2D eigenvalue weighted by Crippen LogP contribution is -2.26. The van der Waals surface area contributed by atoms with Crippen molar-refractivity contribution in [2.24, 2.45) is 23.3 Å². The first-order valence-corrected chi connectivity index (χ1v) is 3.97. The van der Waals surface area contributed by atoms with Crippen molar-refractivity contribution in [3.8, 4) is 0 Å². The summed E-state index contributed by atoms with van der Waals surface area (Å²) in [7, 11) is 0. The van der Waals surface area contributed by atoms with Crippen LogP contribution in [0.1, 0.15) is 20.8 Å². The Morgan fingerprint density at radius 2 is 1.73 bits per heavy atom. The van der Waals surface area contributed by atoms with Crippen LogP contribution in [0.25, 0.3) is 0 Å². The summed E-state index contributed by atoms with van der Waals surface area (Å²) in [5.74, 6) is 0.777. The van der Waals surface area contributed by atoms with Gasteiger partial charge in [-0.3, -0.25) is 0 Å². The van der Waals surface area contributed by atoms with E-state index in [0.717, 1.165) is 17.0 Å². The van der Waals surface area contributed by atoms with E-state index in [1.807, 2.05) is 13.0 Å². The molecule has 0 spiro atoms. The molecular formula is C9H16N2. The maximum Gasteiger partial charge on any atom is 0.0146 e. The van der Waals surface area contributed by atoms with Gasteiger partial charge in [0.05, 0.1) is 0 Å². The monoisotopic (exact) mass is 152 g/mol. The third kappa shape index (κ3) is 1.25. The summed E-state index contributed by atoms with van der Waals surface area (Å²) in [6, 6.07) is 0. The van der Waals surface area contributed by atoms with Crippen LogP contribution in [-0.4, -0.2) is 0 Å². The Morgan fingerprint density at radius 3 is 2.27 bits per heavy atom. The largest absolute Gasteiger partial charge is 0.402 e. The van der Waals surface area contributed by atoms with Crippen LogP contribution in [-0.2, 0) is 0 Å². The van der Waals surface area contributed by atoms with E-state index in [2.05, 4.69) is 13.8 Å². The summed E-state index contributed by atoms with van der Waals surface area (Å²) in [6.45, 7) is 6.23. The van der Waals surface area contributed by atoms with Crippen LogP contribution in [0.2, 0.25) is 0 Å². The van der Waals surface area contributed by atoms with Gasteiger partial charge >= 0.3 is 0 Å². The highest BCUT2D eigenvalue weighted by atomic mass is 14.7. The number of hydrogen-bond acceptors (Lipinski definition) is 2. The summed E-state index contributed by atoms with van der Waals surface area (Å²) in [4.78, 5) is 0. The predicted molar refractivity (Wildman–Crippen MR) is 47.5 cm³/mol. The molecule has 1 aliphatic carbocycles. The lowest BCUT2D eigenvalue weighted by Gasteiger charge is -2.26. The zero-order valence-electron chi connectivity index (χ0n) is 7.39. The van der Waals surface area contributed by atoms with Crippen molar-refractivity contribution < 1.29 is 0 Å². The molecule has 0 aromatic carbocycles. The maximum atomic E-state index is 5.85. The minimum atomic E-state index is 0.388. The molecule has 0 saturated carbocycles. The summed E-state index contributed by atoms with van der Waals surface area (Å²) < 4.78 is 0. The van der Waals surface area contributed by atoms with Crippen LogP contribution in [0, 0.1) is 11.8 Å². The Labute approximate surface area is 68.0 Å². The molecule has 1 rings (SSSR count). The van der Waals surface area contributed by atoms with E-state index in [1.54, 1.807) is 0 Å². The SMILES string of the molecule is CC1=C(N)C(C)C(C)C(N)=C1. The molecule has 0 amide bonds. The Morgan fingerprint density at radius 1 is 1.18 bits per heavy atom. The van der Waals surface area contributed by atoms with Crippen molar-refractivity contribution in [3.63, 3.8) is 0 Å². The number of nitrogens with two attached hydrogens (primary N) is 2. The highest BCUT2D eigenvalue weighted by molar-refractivity contribution is 5.32. The Kier molecular flexibility index (Phi) is 1.94. The van der Waals surface area contributed by atoms with E-state index in [9.17, 15) is 0 Å². The van der Waals surface area contributed by atoms with Gasteiger partial charge in [-0.2, -0.15) is 0 Å². The minimum absolute atomic E-state index is 0.388. The lowest BCUT2D eigenvalue weighted by molar-refractivity contribution is 0.482. The summed E-state index contributed by atoms with van der Waals surface area (Å²) in [5, 5.41) is 0. The second-order valence-corrected chi connectivity index (χ2v) is 3.36. The third-order valence-electron chi connectivity index (χ3n) is 2.60. The molecule has 0 radical (unpaired) electrons. The zero-order chi connectivity index (χ0) is 8.59. The number of allylic oxidation sites excluding steroid dienone is 4. The fraction of sp³-hybridized carbons (Fsp3) is 0.556. The van der Waals surface area contributed by atoms with Gasteiger partial charge in [0, 0.05) is 23.2 Å². The van der Waals surface area contributed by atoms with E-state index in [-0.39, 0.29) is 0 Å². The van der Waals surface area contributed by atoms with Gasteiger partial charge in [0.1, 0.15) is 0 Å². The number of rotatable bonds is 0. The predicted octanol–water partition coefficient (Wildman–Crippen LogP) is 1.35. The molecule has 4 N–H and O–H groups in total. The van der Waals surface area contributed by atoms with Gasteiger partial charge in [0.25, 0.3) is 0 Å². The highest BCUT2D eigenvalue weighted by Crippen LogP contribution is 2.28. The van der Waals surface area contributed by atoms with Crippen LogP contribution in [0.5, 0.6) is 0 Å². The molecule has 0 aromatic rings. The topological polar surface area (TPSA) is 52.0 Å². The molecule has 1 aliphatic rings. The van der Waals surface area contributed by atoms with E-state index in [0.29, 0.717) is 11.8 Å². The second kappa shape index (κ2) is 2.61. The van der Waals surface area contributed by atoms with Crippen LogP contribution in [0.3, 0.4) is 0 Å². The zero-order valence-corrected chi connectivity index (χ0v) is 7.39. The second-order valence-electron chi connectivity index (χ2n) is 3.36. The molecule has 11 heavy (non-hydrogen) atoms. The van der Waals surface area contributed by atoms with Gasteiger partial charge in [-0.05, 0) is 18.6 Å². The summed E-state index contributed by atoms with van der Waals surface area (Å²) >= 11 is 0. The van der Waals surface area contributed by atoms with Crippen molar-refractivity contribution in [1.29, 1.82) is 0 Å². The average Bonchev–Trinajstić information content (AvgIpc) is 1.97. The average molecular weight is 152 g/mol. The van der Waals surface area contributed by atoms with Crippen LogP contribution in [0.4, 0.5) is 0 Å². The first kappa shape index (κ1) is 8.18. The lowest BCUT2D eigenvalue weighted by atomic mass is 9.84. The summed E-state index contributed by atoms with van der Waals surface area (Å²) in [6.07, 6.45) is 1.97. The Bertz CT molecular complexity index is 226. The first-order chi connectivity index (χ1) is 5.04. The van der Waals surface area contributed by atoms with Gasteiger partial charge < -0.3 is 11.5 Å². The molecule has 2 heteroatoms. The molecule has 62 valence electrons. The third-order valence-corrected chi connectivity index (χ3v) is 2.60. The van der Waals surface area contributed by atoms with E-state index in [1.165, 1.54) is 0 Å². The van der Waals surface area contributed by atoms with E-state index in [4.69, 9.17) is 11.5 Å². The standard InChI is InChI=1S/C9H16N2/c1-5-4-8(10)6(2)7(3)9(5)11/h4,6-7H,10-11H2,1-3H3. The quantitative estimate of drug-likeness (QED) is 0.550. The van der Waals surface area contributed by atoms with Gasteiger partial charge in [-0.25, -0.2) is 0 Å². The van der Waals surface area contributed by atoms with Crippen molar-refractivity contribution in [2.45, 2.75) is 20.8 Å². The smallest absolute Gasteiger partial charge is 0.0146 e. The minimum Gasteiger partial charge on any atom is -0.402 e. The van der Waals surface area contributed by atoms with E-state index >= 15 is 0 Å². The van der Waals surface area contributed by atoms with Crippen molar-refractivity contribution in [3.05, 3.63) is 23.0 Å². The molecule has 0 aromatic heterocycles. The molecule has 0 fully saturated rings. The molecule has 2 atom stereocenters. The number of hydrogen-bond donors (Lipinski definition) is 2. The molecule has 0 aliphatic heterocycles. The maximum absolute atomic E-state index is 5.85.